The highest BCUT2D eigenvalue weighted by Gasteiger charge is 2.44. The second-order valence-corrected chi connectivity index (χ2v) is 10.5. The van der Waals surface area contributed by atoms with E-state index in [1.54, 1.807) is 25.1 Å². The number of carbonyl (C=O) groups is 1. The fraction of sp³-hybridized carbons (Fsp3) is 0.650. The van der Waals surface area contributed by atoms with Gasteiger partial charge in [0.1, 0.15) is 5.75 Å². The number of rotatable bonds is 6. The maximum absolute atomic E-state index is 12.9. The van der Waals surface area contributed by atoms with E-state index >= 15 is 0 Å². The second-order valence-electron chi connectivity index (χ2n) is 8.17. The highest BCUT2D eigenvalue weighted by atomic mass is 35.5. The number of piperazine rings is 1. The summed E-state index contributed by atoms with van der Waals surface area (Å²) in [4.78, 5) is 14.6. The Labute approximate surface area is 196 Å². The molecule has 2 heterocycles. The minimum Gasteiger partial charge on any atom is -0.495 e. The van der Waals surface area contributed by atoms with Crippen molar-refractivity contribution in [3.05, 3.63) is 23.2 Å². The Bertz CT molecular complexity index is 947. The van der Waals surface area contributed by atoms with Crippen LogP contribution in [0.1, 0.15) is 19.8 Å². The van der Waals surface area contributed by atoms with Crippen LogP contribution < -0.4 is 10.1 Å². The Kier molecular flexibility index (Phi) is 8.15. The first-order valence-corrected chi connectivity index (χ1v) is 12.4. The quantitative estimate of drug-likeness (QED) is 0.634. The molecule has 8 nitrogen and oxygen atoms in total. The van der Waals surface area contributed by atoms with Crippen molar-refractivity contribution in [3.8, 4) is 5.75 Å². The van der Waals surface area contributed by atoms with Crippen LogP contribution in [0.3, 0.4) is 0 Å². The number of halogens is 4. The fourth-order valence-corrected chi connectivity index (χ4v) is 5.88. The van der Waals surface area contributed by atoms with Gasteiger partial charge in [-0.2, -0.15) is 30.2 Å². The van der Waals surface area contributed by atoms with Crippen LogP contribution in [-0.2, 0) is 15.0 Å². The molecular formula is C20H28ClF3N4O4S. The molecule has 0 spiro atoms. The smallest absolute Gasteiger partial charge is 0.391 e. The largest absolute Gasteiger partial charge is 0.495 e. The molecule has 1 amide bonds. The predicted molar refractivity (Wildman–Crippen MR) is 119 cm³/mol. The maximum Gasteiger partial charge on any atom is 0.391 e. The number of nitrogens with zero attached hydrogens (tertiary/aromatic N) is 3. The summed E-state index contributed by atoms with van der Waals surface area (Å²) in [5.41, 5.74) is 0.435. The number of hydrogen-bond donors (Lipinski definition) is 1. The first-order chi connectivity index (χ1) is 15.4. The SMILES string of the molecule is COc1ccc(Cl)cc1NC(=O)[C@@H](C)N1CCN(S(=O)(=O)N2CCC(C(F)(F)F)CC2)CC1. The average Bonchev–Trinajstić information content (AvgIpc) is 2.78. The van der Waals surface area contributed by atoms with Crippen molar-refractivity contribution in [2.24, 2.45) is 5.92 Å². The van der Waals surface area contributed by atoms with Crippen molar-refractivity contribution in [2.45, 2.75) is 32.0 Å². The highest BCUT2D eigenvalue weighted by Crippen LogP contribution is 2.35. The van der Waals surface area contributed by atoms with E-state index in [9.17, 15) is 26.4 Å². The lowest BCUT2D eigenvalue weighted by Gasteiger charge is -2.40. The summed E-state index contributed by atoms with van der Waals surface area (Å²) >= 11 is 6.00. The van der Waals surface area contributed by atoms with Gasteiger partial charge in [-0.05, 0) is 38.0 Å². The second kappa shape index (κ2) is 10.3. The summed E-state index contributed by atoms with van der Waals surface area (Å²) in [5, 5.41) is 3.23. The van der Waals surface area contributed by atoms with Crippen LogP contribution in [-0.4, -0.2) is 86.4 Å². The zero-order chi connectivity index (χ0) is 24.4. The molecule has 0 unspecified atom stereocenters. The van der Waals surface area contributed by atoms with Crippen molar-refractivity contribution in [3.63, 3.8) is 0 Å². The number of nitrogens with one attached hydrogen (secondary N) is 1. The lowest BCUT2D eigenvalue weighted by Crippen LogP contribution is -2.57. The normalized spacial score (nSPS) is 21.0. The number of ether oxygens (including phenoxy) is 1. The van der Waals surface area contributed by atoms with Gasteiger partial charge in [-0.25, -0.2) is 0 Å². The van der Waals surface area contributed by atoms with Gasteiger partial charge in [0.25, 0.3) is 10.2 Å². The van der Waals surface area contributed by atoms with Gasteiger partial charge in [-0.15, -0.1) is 0 Å². The van der Waals surface area contributed by atoms with E-state index in [-0.39, 0.29) is 44.9 Å². The lowest BCUT2D eigenvalue weighted by molar-refractivity contribution is -0.182. The van der Waals surface area contributed by atoms with Crippen LogP contribution in [0.4, 0.5) is 18.9 Å². The van der Waals surface area contributed by atoms with Crippen molar-refractivity contribution in [1.82, 2.24) is 13.5 Å². The molecule has 2 fully saturated rings. The average molecular weight is 513 g/mol. The molecule has 1 atom stereocenters. The molecule has 0 saturated carbocycles. The zero-order valence-electron chi connectivity index (χ0n) is 18.4. The molecule has 1 aromatic rings. The van der Waals surface area contributed by atoms with Crippen LogP contribution in [0.2, 0.25) is 5.02 Å². The Morgan fingerprint density at radius 1 is 1.12 bits per heavy atom. The Morgan fingerprint density at radius 3 is 2.24 bits per heavy atom. The van der Waals surface area contributed by atoms with E-state index < -0.39 is 28.3 Å². The Hall–Kier alpha value is -1.60. The Morgan fingerprint density at radius 2 is 1.70 bits per heavy atom. The van der Waals surface area contributed by atoms with E-state index in [1.807, 2.05) is 4.90 Å². The van der Waals surface area contributed by atoms with E-state index in [2.05, 4.69) is 5.32 Å². The lowest BCUT2D eigenvalue weighted by atomic mass is 9.98. The first-order valence-electron chi connectivity index (χ1n) is 10.6. The molecule has 3 rings (SSSR count). The minimum atomic E-state index is -4.30. The van der Waals surface area contributed by atoms with Gasteiger partial charge in [0.05, 0.1) is 24.8 Å². The van der Waals surface area contributed by atoms with E-state index in [1.165, 1.54) is 11.4 Å². The number of carbonyl (C=O) groups excluding carboxylic acids is 1. The molecule has 0 aliphatic carbocycles. The summed E-state index contributed by atoms with van der Waals surface area (Å²) in [6.07, 6.45) is -4.76. The van der Waals surface area contributed by atoms with Gasteiger partial charge in [0.2, 0.25) is 5.91 Å². The van der Waals surface area contributed by atoms with Gasteiger partial charge in [-0.1, -0.05) is 11.6 Å². The molecule has 1 aromatic carbocycles. The number of alkyl halides is 3. The third-order valence-corrected chi connectivity index (χ3v) is 8.46. The fourth-order valence-electron chi connectivity index (χ4n) is 4.08. The maximum atomic E-state index is 12.9. The molecule has 0 radical (unpaired) electrons. The van der Waals surface area contributed by atoms with Gasteiger partial charge >= 0.3 is 6.18 Å². The molecule has 2 aliphatic heterocycles. The molecule has 2 aliphatic rings. The number of methoxy groups -OCH3 is 1. The van der Waals surface area contributed by atoms with Gasteiger partial charge in [0, 0.05) is 44.3 Å². The van der Waals surface area contributed by atoms with Gasteiger partial charge in [-0.3, -0.25) is 9.69 Å². The summed E-state index contributed by atoms with van der Waals surface area (Å²) in [7, 11) is -2.37. The first kappa shape index (κ1) is 26.0. The molecule has 2 saturated heterocycles. The number of benzene rings is 1. The van der Waals surface area contributed by atoms with Gasteiger partial charge in [0.15, 0.2) is 0 Å². The van der Waals surface area contributed by atoms with E-state index in [0.29, 0.717) is 29.5 Å². The summed E-state index contributed by atoms with van der Waals surface area (Å²) in [6.45, 7) is 2.37. The topological polar surface area (TPSA) is 82.2 Å². The standard InChI is InChI=1S/C20H28ClF3N4O4S/c1-14(19(29)25-17-13-16(21)3-4-18(17)32-2)26-9-11-28(12-10-26)33(30,31)27-7-5-15(6-8-27)20(22,23)24/h3-4,13-15H,5-12H2,1-2H3,(H,25,29)/t14-/m1/s1. The number of anilines is 1. The molecule has 13 heteroatoms. The summed E-state index contributed by atoms with van der Waals surface area (Å²) in [6, 6.07) is 4.33. The molecule has 186 valence electrons. The third-order valence-electron chi connectivity index (χ3n) is 6.19. The summed E-state index contributed by atoms with van der Waals surface area (Å²) < 4.78 is 72.1. The van der Waals surface area contributed by atoms with Crippen molar-refractivity contribution in [1.29, 1.82) is 0 Å². The number of hydrogen-bond acceptors (Lipinski definition) is 5. The molecule has 1 N–H and O–H groups in total. The van der Waals surface area contributed by atoms with Crippen LogP contribution in [0.15, 0.2) is 18.2 Å². The highest BCUT2D eigenvalue weighted by molar-refractivity contribution is 7.86. The predicted octanol–water partition coefficient (Wildman–Crippen LogP) is 2.81. The number of amides is 1. The molecule has 0 bridgehead atoms. The number of piperidine rings is 1. The third kappa shape index (κ3) is 6.10. The van der Waals surface area contributed by atoms with Crippen LogP contribution in [0.5, 0.6) is 5.75 Å². The molecular weight excluding hydrogens is 485 g/mol. The van der Waals surface area contributed by atoms with Crippen LogP contribution >= 0.6 is 11.6 Å². The van der Waals surface area contributed by atoms with E-state index in [4.69, 9.17) is 16.3 Å². The Balaban J connectivity index is 1.55. The molecule has 33 heavy (non-hydrogen) atoms. The zero-order valence-corrected chi connectivity index (χ0v) is 20.0. The minimum absolute atomic E-state index is 0.146. The van der Waals surface area contributed by atoms with Crippen molar-refractivity contribution < 1.29 is 31.1 Å². The van der Waals surface area contributed by atoms with Crippen molar-refractivity contribution in [2.75, 3.05) is 51.7 Å². The van der Waals surface area contributed by atoms with Crippen LogP contribution in [0.25, 0.3) is 0 Å². The van der Waals surface area contributed by atoms with Gasteiger partial charge < -0.3 is 10.1 Å². The van der Waals surface area contributed by atoms with Crippen LogP contribution in [0, 0.1) is 5.92 Å². The van der Waals surface area contributed by atoms with E-state index in [0.717, 1.165) is 4.31 Å². The van der Waals surface area contributed by atoms with Crippen molar-refractivity contribution >= 4 is 33.4 Å². The monoisotopic (exact) mass is 512 g/mol. The molecule has 0 aromatic heterocycles. The summed E-state index contributed by atoms with van der Waals surface area (Å²) in [5.74, 6) is -1.29.